The summed E-state index contributed by atoms with van der Waals surface area (Å²) in [7, 11) is 0. The maximum Gasteiger partial charge on any atom is 0.200 e. The summed E-state index contributed by atoms with van der Waals surface area (Å²) in [5.41, 5.74) is 0.920. The molecule has 0 radical (unpaired) electrons. The van der Waals surface area contributed by atoms with Crippen LogP contribution in [0.4, 0.5) is 0 Å². The fourth-order valence-corrected chi connectivity index (χ4v) is 0.887. The predicted molar refractivity (Wildman–Crippen MR) is 42.6 cm³/mol. The molecule has 60 valence electrons. The minimum Gasteiger partial charge on any atom is -0.461 e. The predicted octanol–water partition coefficient (Wildman–Crippen LogP) is 2.43. The van der Waals surface area contributed by atoms with Gasteiger partial charge in [-0.3, -0.25) is 4.79 Å². The molecule has 0 spiro atoms. The van der Waals surface area contributed by atoms with E-state index in [1.54, 1.807) is 12.3 Å². The molecule has 1 aromatic rings. The Morgan fingerprint density at radius 2 is 2.18 bits per heavy atom. The Morgan fingerprint density at radius 3 is 2.55 bits per heavy atom. The molecule has 0 aliphatic carbocycles. The molecule has 0 bridgehead atoms. The van der Waals surface area contributed by atoms with Crippen molar-refractivity contribution >= 4 is 5.78 Å². The monoisotopic (exact) mass is 152 g/mol. The normalized spacial score (nSPS) is 10.5. The van der Waals surface area contributed by atoms with Gasteiger partial charge in [0, 0.05) is 5.92 Å². The van der Waals surface area contributed by atoms with E-state index in [1.165, 1.54) is 0 Å². The Bertz CT molecular complexity index is 258. The van der Waals surface area contributed by atoms with Gasteiger partial charge in [-0.15, -0.1) is 0 Å². The Balaban J connectivity index is 2.93. The number of carbonyl (C=O) groups is 1. The van der Waals surface area contributed by atoms with Crippen LogP contribution < -0.4 is 0 Å². The van der Waals surface area contributed by atoms with Crippen LogP contribution in [0.1, 0.15) is 30.0 Å². The third-order valence-corrected chi connectivity index (χ3v) is 1.61. The fraction of sp³-hybridized carbons (Fsp3) is 0.444. The van der Waals surface area contributed by atoms with E-state index in [-0.39, 0.29) is 11.7 Å². The zero-order valence-electron chi connectivity index (χ0n) is 7.05. The summed E-state index contributed by atoms with van der Waals surface area (Å²) in [4.78, 5) is 11.3. The van der Waals surface area contributed by atoms with Crippen LogP contribution in [0.15, 0.2) is 16.7 Å². The first-order valence-corrected chi connectivity index (χ1v) is 3.71. The Morgan fingerprint density at radius 1 is 1.55 bits per heavy atom. The minimum absolute atomic E-state index is 0.0137. The van der Waals surface area contributed by atoms with Gasteiger partial charge >= 0.3 is 0 Å². The first kappa shape index (κ1) is 8.05. The molecule has 0 saturated carbocycles. The van der Waals surface area contributed by atoms with Crippen LogP contribution in [-0.4, -0.2) is 5.78 Å². The van der Waals surface area contributed by atoms with E-state index in [0.717, 1.165) is 5.56 Å². The smallest absolute Gasteiger partial charge is 0.200 e. The lowest BCUT2D eigenvalue weighted by Crippen LogP contribution is -2.07. The highest BCUT2D eigenvalue weighted by atomic mass is 16.3. The molecule has 1 heterocycles. The highest BCUT2D eigenvalue weighted by Crippen LogP contribution is 2.13. The van der Waals surface area contributed by atoms with Crippen molar-refractivity contribution in [1.82, 2.24) is 0 Å². The van der Waals surface area contributed by atoms with Gasteiger partial charge in [0.25, 0.3) is 0 Å². The number of hydrogen-bond acceptors (Lipinski definition) is 2. The van der Waals surface area contributed by atoms with Crippen LogP contribution in [-0.2, 0) is 0 Å². The van der Waals surface area contributed by atoms with Gasteiger partial charge in [0.2, 0.25) is 5.78 Å². The van der Waals surface area contributed by atoms with Crippen LogP contribution >= 0.6 is 0 Å². The summed E-state index contributed by atoms with van der Waals surface area (Å²) in [5, 5.41) is 0. The second-order valence-electron chi connectivity index (χ2n) is 2.95. The molecule has 2 heteroatoms. The average Bonchev–Trinajstić information content (AvgIpc) is 2.33. The van der Waals surface area contributed by atoms with E-state index in [4.69, 9.17) is 4.42 Å². The van der Waals surface area contributed by atoms with Gasteiger partial charge in [0.1, 0.15) is 0 Å². The van der Waals surface area contributed by atoms with E-state index in [0.29, 0.717) is 5.76 Å². The van der Waals surface area contributed by atoms with Crippen molar-refractivity contribution in [2.75, 3.05) is 0 Å². The highest BCUT2D eigenvalue weighted by Gasteiger charge is 2.15. The number of Topliss-reactive ketones (excluding diaryl/α,β-unsaturated/α-hetero) is 1. The molecule has 0 atom stereocenters. The van der Waals surface area contributed by atoms with E-state index in [2.05, 4.69) is 0 Å². The van der Waals surface area contributed by atoms with E-state index in [9.17, 15) is 4.79 Å². The minimum atomic E-state index is 0.0137. The van der Waals surface area contributed by atoms with Crippen LogP contribution in [0.2, 0.25) is 0 Å². The van der Waals surface area contributed by atoms with Gasteiger partial charge in [-0.1, -0.05) is 13.8 Å². The Hall–Kier alpha value is -1.05. The third kappa shape index (κ3) is 1.50. The molecule has 0 fully saturated rings. The Kier molecular flexibility index (Phi) is 2.13. The topological polar surface area (TPSA) is 30.2 Å². The van der Waals surface area contributed by atoms with Gasteiger partial charge in [0.15, 0.2) is 5.76 Å². The number of hydrogen-bond donors (Lipinski definition) is 0. The van der Waals surface area contributed by atoms with E-state index >= 15 is 0 Å². The lowest BCUT2D eigenvalue weighted by atomic mass is 10.1. The van der Waals surface area contributed by atoms with Crippen molar-refractivity contribution in [3.05, 3.63) is 23.7 Å². The SMILES string of the molecule is Cc1ccoc1C(=O)C(C)C. The summed E-state index contributed by atoms with van der Waals surface area (Å²) >= 11 is 0. The number of rotatable bonds is 2. The van der Waals surface area contributed by atoms with Gasteiger partial charge in [-0.25, -0.2) is 0 Å². The summed E-state index contributed by atoms with van der Waals surface area (Å²) in [6.07, 6.45) is 1.55. The largest absolute Gasteiger partial charge is 0.461 e. The van der Waals surface area contributed by atoms with Gasteiger partial charge in [-0.2, -0.15) is 0 Å². The zero-order chi connectivity index (χ0) is 8.43. The molecule has 2 nitrogen and oxygen atoms in total. The zero-order valence-corrected chi connectivity index (χ0v) is 7.05. The lowest BCUT2D eigenvalue weighted by molar-refractivity contribution is 0.0910. The average molecular weight is 152 g/mol. The number of furan rings is 1. The summed E-state index contributed by atoms with van der Waals surface area (Å²) in [6, 6.07) is 1.80. The van der Waals surface area contributed by atoms with E-state index in [1.807, 2.05) is 20.8 Å². The molecular formula is C9H12O2. The van der Waals surface area contributed by atoms with Crippen molar-refractivity contribution in [2.45, 2.75) is 20.8 Å². The molecule has 1 rings (SSSR count). The maximum atomic E-state index is 11.3. The summed E-state index contributed by atoms with van der Waals surface area (Å²) in [5.74, 6) is 0.590. The van der Waals surface area contributed by atoms with Crippen molar-refractivity contribution < 1.29 is 9.21 Å². The van der Waals surface area contributed by atoms with Crippen molar-refractivity contribution in [3.63, 3.8) is 0 Å². The molecule has 0 amide bonds. The van der Waals surface area contributed by atoms with Gasteiger partial charge in [-0.05, 0) is 18.6 Å². The van der Waals surface area contributed by atoms with Crippen molar-refractivity contribution in [3.8, 4) is 0 Å². The van der Waals surface area contributed by atoms with Gasteiger partial charge < -0.3 is 4.42 Å². The summed E-state index contributed by atoms with van der Waals surface area (Å²) in [6.45, 7) is 5.60. The quantitative estimate of drug-likeness (QED) is 0.609. The first-order chi connectivity index (χ1) is 5.13. The number of carbonyl (C=O) groups excluding carboxylic acids is 1. The first-order valence-electron chi connectivity index (χ1n) is 3.71. The molecule has 0 aliphatic rings. The third-order valence-electron chi connectivity index (χ3n) is 1.61. The van der Waals surface area contributed by atoms with E-state index < -0.39 is 0 Å². The van der Waals surface area contributed by atoms with Crippen LogP contribution in [0.25, 0.3) is 0 Å². The molecule has 0 saturated heterocycles. The maximum absolute atomic E-state index is 11.3. The molecular weight excluding hydrogens is 140 g/mol. The highest BCUT2D eigenvalue weighted by molar-refractivity contribution is 5.96. The fourth-order valence-electron chi connectivity index (χ4n) is 0.887. The second kappa shape index (κ2) is 2.91. The molecule has 1 aromatic heterocycles. The molecule has 0 N–H and O–H groups in total. The molecule has 0 unspecified atom stereocenters. The van der Waals surface area contributed by atoms with Crippen LogP contribution in [0.3, 0.4) is 0 Å². The number of ketones is 1. The van der Waals surface area contributed by atoms with Crippen molar-refractivity contribution in [1.29, 1.82) is 0 Å². The van der Waals surface area contributed by atoms with Crippen LogP contribution in [0, 0.1) is 12.8 Å². The second-order valence-corrected chi connectivity index (χ2v) is 2.95. The standard InChI is InChI=1S/C9H12O2/c1-6(2)8(10)9-7(3)4-5-11-9/h4-6H,1-3H3. The van der Waals surface area contributed by atoms with Crippen LogP contribution in [0.5, 0.6) is 0 Å². The number of aryl methyl sites for hydroxylation is 1. The molecule has 0 aromatic carbocycles. The van der Waals surface area contributed by atoms with Crippen molar-refractivity contribution in [2.24, 2.45) is 5.92 Å². The Labute approximate surface area is 66.2 Å². The van der Waals surface area contributed by atoms with Gasteiger partial charge in [0.05, 0.1) is 6.26 Å². The molecule has 0 aliphatic heterocycles. The summed E-state index contributed by atoms with van der Waals surface area (Å²) < 4.78 is 5.04. The lowest BCUT2D eigenvalue weighted by Gasteiger charge is -2.00. The molecule has 11 heavy (non-hydrogen) atoms.